The Kier molecular flexibility index (Phi) is 5.39. The van der Waals surface area contributed by atoms with Crippen LogP contribution in [0.3, 0.4) is 0 Å². The van der Waals surface area contributed by atoms with Gasteiger partial charge in [-0.3, -0.25) is 4.79 Å². The topological polar surface area (TPSA) is 54.9 Å². The monoisotopic (exact) mass is 393 g/mol. The molecule has 2 heterocycles. The van der Waals surface area contributed by atoms with Gasteiger partial charge in [-0.2, -0.15) is 0 Å². The number of nitrogens with one attached hydrogen (secondary N) is 1. The van der Waals surface area contributed by atoms with Crippen molar-refractivity contribution in [2.75, 3.05) is 0 Å². The maximum atomic E-state index is 12.7. The Morgan fingerprint density at radius 1 is 1.26 bits per heavy atom. The summed E-state index contributed by atoms with van der Waals surface area (Å²) in [6.07, 6.45) is 5.85. The Morgan fingerprint density at radius 2 is 2.00 bits per heavy atom. The van der Waals surface area contributed by atoms with E-state index in [1.807, 2.05) is 6.07 Å². The number of alkyl halides is 2. The number of hydrogen-bond donors (Lipinski definition) is 1. The van der Waals surface area contributed by atoms with Crippen molar-refractivity contribution < 1.29 is 13.6 Å². The van der Waals surface area contributed by atoms with Crippen molar-refractivity contribution in [3.63, 3.8) is 0 Å². The minimum atomic E-state index is -2.24. The lowest BCUT2D eigenvalue weighted by Gasteiger charge is -2.30. The van der Waals surface area contributed by atoms with E-state index >= 15 is 0 Å². The normalized spacial score (nSPS) is 24.3. The number of rotatable bonds is 6. The van der Waals surface area contributed by atoms with Crippen molar-refractivity contribution in [1.29, 1.82) is 0 Å². The van der Waals surface area contributed by atoms with Gasteiger partial charge >= 0.3 is 0 Å². The average Bonchev–Trinajstić information content (AvgIpc) is 3.41. The van der Waals surface area contributed by atoms with Crippen LogP contribution in [-0.2, 0) is 0 Å². The number of hydrogen-bond acceptors (Lipinski definition) is 4. The summed E-state index contributed by atoms with van der Waals surface area (Å²) in [5.41, 5.74) is 1.30. The van der Waals surface area contributed by atoms with Crippen LogP contribution in [0.5, 0.6) is 0 Å². The number of pyridine rings is 1. The van der Waals surface area contributed by atoms with Gasteiger partial charge in [0.05, 0.1) is 15.3 Å². The SMILES string of the molecule is CC(CC1CCC(NC(=O)c2cnc3nc(C4CC4)sc3c2)CC1)C(F)F. The summed E-state index contributed by atoms with van der Waals surface area (Å²) in [7, 11) is 0. The highest BCUT2D eigenvalue weighted by molar-refractivity contribution is 7.18. The van der Waals surface area contributed by atoms with Gasteiger partial charge in [-0.25, -0.2) is 18.7 Å². The summed E-state index contributed by atoms with van der Waals surface area (Å²) in [4.78, 5) is 21.5. The molecule has 1 N–H and O–H groups in total. The van der Waals surface area contributed by atoms with Gasteiger partial charge in [-0.1, -0.05) is 6.92 Å². The Balaban J connectivity index is 1.32. The van der Waals surface area contributed by atoms with Crippen LogP contribution in [0.1, 0.15) is 73.2 Å². The molecule has 2 aliphatic rings. The van der Waals surface area contributed by atoms with Crippen LogP contribution in [0.25, 0.3) is 10.3 Å². The van der Waals surface area contributed by atoms with Crippen molar-refractivity contribution in [1.82, 2.24) is 15.3 Å². The van der Waals surface area contributed by atoms with E-state index < -0.39 is 12.3 Å². The van der Waals surface area contributed by atoms with Crippen molar-refractivity contribution >= 4 is 27.6 Å². The van der Waals surface area contributed by atoms with Gasteiger partial charge in [-0.05, 0) is 56.9 Å². The summed E-state index contributed by atoms with van der Waals surface area (Å²) >= 11 is 1.64. The molecular formula is C20H25F2N3OS. The van der Waals surface area contributed by atoms with E-state index in [0.29, 0.717) is 23.8 Å². The summed E-state index contributed by atoms with van der Waals surface area (Å²) in [6.45, 7) is 1.62. The highest BCUT2D eigenvalue weighted by Crippen LogP contribution is 2.43. The van der Waals surface area contributed by atoms with Crippen molar-refractivity contribution in [3.05, 3.63) is 22.8 Å². The molecule has 2 fully saturated rings. The van der Waals surface area contributed by atoms with Crippen LogP contribution in [0.15, 0.2) is 12.3 Å². The van der Waals surface area contributed by atoms with Gasteiger partial charge in [0.1, 0.15) is 0 Å². The third-order valence-corrected chi connectivity index (χ3v) is 6.92. The number of fused-ring (bicyclic) bond motifs is 1. The quantitative estimate of drug-likeness (QED) is 0.738. The highest BCUT2D eigenvalue weighted by atomic mass is 32.1. The molecular weight excluding hydrogens is 368 g/mol. The number of halogens is 2. The highest BCUT2D eigenvalue weighted by Gasteiger charge is 2.28. The molecule has 2 aliphatic carbocycles. The molecule has 2 saturated carbocycles. The molecule has 27 heavy (non-hydrogen) atoms. The lowest BCUT2D eigenvalue weighted by Crippen LogP contribution is -2.38. The number of amides is 1. The van der Waals surface area contributed by atoms with Crippen LogP contribution in [0.2, 0.25) is 0 Å². The number of thiazole rings is 1. The van der Waals surface area contributed by atoms with Crippen molar-refractivity contribution in [2.45, 2.75) is 70.3 Å². The second kappa shape index (κ2) is 7.78. The molecule has 0 aromatic carbocycles. The van der Waals surface area contributed by atoms with Crippen molar-refractivity contribution in [3.8, 4) is 0 Å². The number of carbonyl (C=O) groups is 1. The van der Waals surface area contributed by atoms with E-state index in [1.54, 1.807) is 24.5 Å². The van der Waals surface area contributed by atoms with Gasteiger partial charge in [0, 0.05) is 24.1 Å². The molecule has 4 nitrogen and oxygen atoms in total. The Hall–Kier alpha value is -1.63. The number of nitrogens with zero attached hydrogens (tertiary/aromatic N) is 2. The summed E-state index contributed by atoms with van der Waals surface area (Å²) in [6, 6.07) is 2.01. The first-order chi connectivity index (χ1) is 13.0. The summed E-state index contributed by atoms with van der Waals surface area (Å²) in [5.74, 6) is 0.289. The number of carbonyl (C=O) groups excluding carboxylic acids is 1. The first kappa shape index (κ1) is 18.7. The standard InChI is InChI=1S/C20H25F2N3OS/c1-11(17(21)22)8-12-2-6-15(7-3-12)24-19(26)14-9-16-18(23-10-14)25-20(27-16)13-4-5-13/h9-13,15,17H,2-8H2,1H3,(H,24,26). The van der Waals surface area contributed by atoms with Crippen LogP contribution in [0, 0.1) is 11.8 Å². The molecule has 4 rings (SSSR count). The van der Waals surface area contributed by atoms with E-state index in [2.05, 4.69) is 15.3 Å². The molecule has 1 unspecified atom stereocenters. The second-order valence-corrected chi connectivity index (χ2v) is 9.17. The zero-order valence-corrected chi connectivity index (χ0v) is 16.3. The Morgan fingerprint density at radius 3 is 2.67 bits per heavy atom. The molecule has 146 valence electrons. The molecule has 0 spiro atoms. The van der Waals surface area contributed by atoms with E-state index in [0.717, 1.165) is 41.0 Å². The van der Waals surface area contributed by atoms with Gasteiger partial charge in [0.15, 0.2) is 5.65 Å². The lowest BCUT2D eigenvalue weighted by molar-refractivity contribution is 0.0665. The average molecular weight is 394 g/mol. The molecule has 0 saturated heterocycles. The van der Waals surface area contributed by atoms with E-state index in [1.165, 1.54) is 12.8 Å². The predicted molar refractivity (Wildman–Crippen MR) is 102 cm³/mol. The van der Waals surface area contributed by atoms with Crippen molar-refractivity contribution in [2.24, 2.45) is 11.8 Å². The molecule has 7 heteroatoms. The van der Waals surface area contributed by atoms with E-state index in [9.17, 15) is 13.6 Å². The zero-order chi connectivity index (χ0) is 19.0. The minimum Gasteiger partial charge on any atom is -0.349 e. The lowest BCUT2D eigenvalue weighted by atomic mass is 9.81. The minimum absolute atomic E-state index is 0.102. The van der Waals surface area contributed by atoms with Gasteiger partial charge < -0.3 is 5.32 Å². The third kappa shape index (κ3) is 4.45. The van der Waals surface area contributed by atoms with E-state index in [-0.39, 0.29) is 11.9 Å². The maximum Gasteiger partial charge on any atom is 0.253 e. The zero-order valence-electron chi connectivity index (χ0n) is 15.5. The third-order valence-electron chi connectivity index (χ3n) is 5.77. The molecule has 0 radical (unpaired) electrons. The summed E-state index contributed by atoms with van der Waals surface area (Å²) in [5, 5.41) is 4.23. The molecule has 0 bridgehead atoms. The Bertz CT molecular complexity index is 813. The molecule has 2 aromatic rings. The molecule has 1 amide bonds. The first-order valence-corrected chi connectivity index (χ1v) is 10.7. The maximum absolute atomic E-state index is 12.7. The smallest absolute Gasteiger partial charge is 0.253 e. The largest absolute Gasteiger partial charge is 0.349 e. The van der Waals surface area contributed by atoms with E-state index in [4.69, 9.17) is 0 Å². The molecule has 1 atom stereocenters. The molecule has 0 aliphatic heterocycles. The first-order valence-electron chi connectivity index (χ1n) is 9.85. The fourth-order valence-electron chi connectivity index (χ4n) is 3.91. The van der Waals surface area contributed by atoms with Gasteiger partial charge in [-0.15, -0.1) is 11.3 Å². The number of aromatic nitrogens is 2. The van der Waals surface area contributed by atoms with Crippen LogP contribution >= 0.6 is 11.3 Å². The fraction of sp³-hybridized carbons (Fsp3) is 0.650. The Labute approximate surface area is 161 Å². The van der Waals surface area contributed by atoms with Gasteiger partial charge in [0.2, 0.25) is 6.43 Å². The summed E-state index contributed by atoms with van der Waals surface area (Å²) < 4.78 is 26.4. The van der Waals surface area contributed by atoms with Crippen LogP contribution in [-0.4, -0.2) is 28.3 Å². The van der Waals surface area contributed by atoms with Crippen LogP contribution < -0.4 is 5.32 Å². The fourth-order valence-corrected chi connectivity index (χ4v) is 5.04. The second-order valence-electron chi connectivity index (χ2n) is 8.11. The van der Waals surface area contributed by atoms with Crippen LogP contribution in [0.4, 0.5) is 8.78 Å². The van der Waals surface area contributed by atoms with Gasteiger partial charge in [0.25, 0.3) is 5.91 Å². The molecule has 2 aromatic heterocycles. The predicted octanol–water partition coefficient (Wildman–Crippen LogP) is 5.15.